The summed E-state index contributed by atoms with van der Waals surface area (Å²) in [6, 6.07) is 20.3. The Balaban J connectivity index is 1.07. The molecule has 1 aromatic heterocycles. The van der Waals surface area contributed by atoms with Crippen molar-refractivity contribution in [3.63, 3.8) is 0 Å². The van der Waals surface area contributed by atoms with Crippen LogP contribution in [0.25, 0.3) is 11.0 Å². The van der Waals surface area contributed by atoms with Crippen LogP contribution in [0.15, 0.2) is 60.9 Å². The summed E-state index contributed by atoms with van der Waals surface area (Å²) in [6.45, 7) is 7.34. The molecule has 8 heteroatoms. The first-order valence-corrected chi connectivity index (χ1v) is 14.8. The van der Waals surface area contributed by atoms with Crippen LogP contribution < -0.4 is 5.32 Å². The highest BCUT2D eigenvalue weighted by molar-refractivity contribution is 5.83. The number of nitrogens with zero attached hydrogens (tertiary/aromatic N) is 4. The van der Waals surface area contributed by atoms with Gasteiger partial charge in [0.15, 0.2) is 0 Å². The minimum Gasteiger partial charge on any atom is -0.444 e. The van der Waals surface area contributed by atoms with Gasteiger partial charge in [-0.15, -0.1) is 0 Å². The van der Waals surface area contributed by atoms with Gasteiger partial charge in [-0.3, -0.25) is 9.69 Å². The number of aromatic nitrogens is 2. The third-order valence-electron chi connectivity index (χ3n) is 8.83. The van der Waals surface area contributed by atoms with Gasteiger partial charge >= 0.3 is 6.09 Å². The summed E-state index contributed by atoms with van der Waals surface area (Å²) in [5, 5.41) is 3.33. The molecule has 2 aromatic carbocycles. The number of likely N-dealkylation sites (tertiary alicyclic amines) is 1. The largest absolute Gasteiger partial charge is 0.444 e. The van der Waals surface area contributed by atoms with Gasteiger partial charge in [-0.1, -0.05) is 42.5 Å². The van der Waals surface area contributed by atoms with Crippen LogP contribution in [0.1, 0.15) is 70.5 Å². The molecule has 3 saturated heterocycles. The van der Waals surface area contributed by atoms with Crippen LogP contribution in [0.4, 0.5) is 4.79 Å². The van der Waals surface area contributed by atoms with Crippen LogP contribution >= 0.6 is 0 Å². The van der Waals surface area contributed by atoms with Gasteiger partial charge in [-0.2, -0.15) is 0 Å². The van der Waals surface area contributed by atoms with E-state index in [4.69, 9.17) is 4.74 Å². The SMILES string of the molecule is CC(C)(C)OC(=O)N1CC(C(=O)N[C@H](CCN2C3CCC2CC(n2cnc4ccccc42)C3)c2ccccc2)C1. The number of hydrogen-bond acceptors (Lipinski definition) is 5. The summed E-state index contributed by atoms with van der Waals surface area (Å²) < 4.78 is 7.84. The van der Waals surface area contributed by atoms with E-state index in [1.165, 1.54) is 18.4 Å². The number of imidazole rings is 1. The van der Waals surface area contributed by atoms with E-state index < -0.39 is 5.60 Å². The van der Waals surface area contributed by atoms with Crippen LogP contribution in [-0.2, 0) is 9.53 Å². The van der Waals surface area contributed by atoms with Crippen LogP contribution in [0, 0.1) is 5.92 Å². The Hall–Kier alpha value is -3.39. The summed E-state index contributed by atoms with van der Waals surface area (Å²) >= 11 is 0. The average molecular weight is 544 g/mol. The van der Waals surface area contributed by atoms with Crippen LogP contribution in [0.5, 0.6) is 0 Å². The molecule has 4 heterocycles. The van der Waals surface area contributed by atoms with Crippen molar-refractivity contribution in [1.82, 2.24) is 24.7 Å². The second kappa shape index (κ2) is 10.9. The molecule has 40 heavy (non-hydrogen) atoms. The molecule has 3 aliphatic rings. The molecule has 3 aromatic rings. The maximum atomic E-state index is 13.2. The number of para-hydroxylation sites is 2. The lowest BCUT2D eigenvalue weighted by molar-refractivity contribution is -0.130. The topological polar surface area (TPSA) is 79.7 Å². The van der Waals surface area contributed by atoms with Gasteiger partial charge in [0.2, 0.25) is 5.91 Å². The Morgan fingerprint density at radius 1 is 0.975 bits per heavy atom. The summed E-state index contributed by atoms with van der Waals surface area (Å²) in [4.78, 5) is 34.5. The van der Waals surface area contributed by atoms with Gasteiger partial charge in [0.1, 0.15) is 5.60 Å². The third kappa shape index (κ3) is 5.59. The highest BCUT2D eigenvalue weighted by Gasteiger charge is 2.42. The first-order chi connectivity index (χ1) is 19.2. The number of ether oxygens (including phenoxy) is 1. The van der Waals surface area contributed by atoms with Crippen molar-refractivity contribution in [3.8, 4) is 0 Å². The standard InChI is InChI=1S/C32H41N5O3/c1-32(2,3)40-31(39)35-19-23(20-35)30(38)34-27(22-9-5-4-6-10-22)15-16-36-24-13-14-25(36)18-26(17-24)37-21-33-28-11-7-8-12-29(28)37/h4-12,21,23-27H,13-20H2,1-3H3,(H,34,38)/t24?,25?,26?,27-/m1/s1. The number of carbonyl (C=O) groups excluding carboxylic acids is 2. The van der Waals surface area contributed by atoms with Gasteiger partial charge in [0.05, 0.1) is 29.3 Å². The average Bonchev–Trinajstić information content (AvgIpc) is 3.42. The van der Waals surface area contributed by atoms with E-state index in [1.807, 2.05) is 45.3 Å². The Labute approximate surface area is 236 Å². The molecule has 2 bridgehead atoms. The van der Waals surface area contributed by atoms with Crippen LogP contribution in [0.3, 0.4) is 0 Å². The molecule has 8 nitrogen and oxygen atoms in total. The first-order valence-electron chi connectivity index (χ1n) is 14.8. The molecule has 3 fully saturated rings. The minimum absolute atomic E-state index is 0.0160. The van der Waals surface area contributed by atoms with E-state index in [1.54, 1.807) is 4.90 Å². The zero-order chi connectivity index (χ0) is 27.9. The summed E-state index contributed by atoms with van der Waals surface area (Å²) in [6.07, 6.45) is 7.29. The minimum atomic E-state index is -0.538. The number of fused-ring (bicyclic) bond motifs is 3. The lowest BCUT2D eigenvalue weighted by atomic mass is 9.94. The molecule has 6 rings (SSSR count). The Kier molecular flexibility index (Phi) is 7.29. The quantitative estimate of drug-likeness (QED) is 0.436. The molecule has 0 aliphatic carbocycles. The fourth-order valence-electron chi connectivity index (χ4n) is 6.80. The number of hydrogen-bond donors (Lipinski definition) is 1. The zero-order valence-electron chi connectivity index (χ0n) is 23.8. The van der Waals surface area contributed by atoms with Gasteiger partial charge in [-0.05, 0) is 70.6 Å². The van der Waals surface area contributed by atoms with Crippen molar-refractivity contribution in [2.24, 2.45) is 5.92 Å². The molecule has 3 aliphatic heterocycles. The van der Waals surface area contributed by atoms with Crippen molar-refractivity contribution in [2.75, 3.05) is 19.6 Å². The monoisotopic (exact) mass is 543 g/mol. The van der Waals surface area contributed by atoms with E-state index >= 15 is 0 Å². The molecule has 2 amide bonds. The molecule has 212 valence electrons. The molecule has 0 radical (unpaired) electrons. The predicted molar refractivity (Wildman–Crippen MR) is 155 cm³/mol. The fourth-order valence-corrected chi connectivity index (χ4v) is 6.80. The van der Waals surface area contributed by atoms with E-state index in [0.29, 0.717) is 31.2 Å². The molecule has 0 spiro atoms. The van der Waals surface area contributed by atoms with Gasteiger partial charge in [0.25, 0.3) is 0 Å². The second-order valence-electron chi connectivity index (χ2n) is 12.7. The predicted octanol–water partition coefficient (Wildman–Crippen LogP) is 5.32. The van der Waals surface area contributed by atoms with Crippen LogP contribution in [-0.4, -0.2) is 68.7 Å². The lowest BCUT2D eigenvalue weighted by Gasteiger charge is -2.41. The molecule has 1 N–H and O–H groups in total. The van der Waals surface area contributed by atoms with Gasteiger partial charge in [0, 0.05) is 37.8 Å². The fraction of sp³-hybridized carbons (Fsp3) is 0.531. The highest BCUT2D eigenvalue weighted by Crippen LogP contribution is 2.42. The Morgan fingerprint density at radius 3 is 2.35 bits per heavy atom. The maximum Gasteiger partial charge on any atom is 0.410 e. The van der Waals surface area contributed by atoms with Crippen molar-refractivity contribution in [2.45, 2.75) is 82.6 Å². The molecular formula is C32H41N5O3. The summed E-state index contributed by atoms with van der Waals surface area (Å²) in [7, 11) is 0. The number of carbonyl (C=O) groups is 2. The number of rotatable bonds is 7. The van der Waals surface area contributed by atoms with Crippen molar-refractivity contribution in [3.05, 3.63) is 66.5 Å². The summed E-state index contributed by atoms with van der Waals surface area (Å²) in [5.74, 6) is -0.182. The van der Waals surface area contributed by atoms with E-state index in [2.05, 4.69) is 56.2 Å². The zero-order valence-corrected chi connectivity index (χ0v) is 23.8. The maximum absolute atomic E-state index is 13.2. The first kappa shape index (κ1) is 26.8. The lowest BCUT2D eigenvalue weighted by Crippen LogP contribution is -2.57. The summed E-state index contributed by atoms with van der Waals surface area (Å²) in [5.41, 5.74) is 2.89. The Morgan fingerprint density at radius 2 is 1.65 bits per heavy atom. The third-order valence-corrected chi connectivity index (χ3v) is 8.83. The Bertz CT molecular complexity index is 1330. The van der Waals surface area contributed by atoms with Crippen LogP contribution in [0.2, 0.25) is 0 Å². The van der Waals surface area contributed by atoms with Crippen molar-refractivity contribution in [1.29, 1.82) is 0 Å². The second-order valence-corrected chi connectivity index (χ2v) is 12.7. The smallest absolute Gasteiger partial charge is 0.410 e. The highest BCUT2D eigenvalue weighted by atomic mass is 16.6. The van der Waals surface area contributed by atoms with Gasteiger partial charge in [-0.25, -0.2) is 9.78 Å². The molecule has 2 unspecified atom stereocenters. The van der Waals surface area contributed by atoms with Crippen molar-refractivity contribution >= 4 is 23.0 Å². The number of amides is 2. The van der Waals surface area contributed by atoms with E-state index in [-0.39, 0.29) is 24.0 Å². The van der Waals surface area contributed by atoms with E-state index in [9.17, 15) is 9.59 Å². The number of nitrogens with one attached hydrogen (secondary N) is 1. The van der Waals surface area contributed by atoms with Crippen molar-refractivity contribution < 1.29 is 14.3 Å². The molecular weight excluding hydrogens is 502 g/mol. The van der Waals surface area contributed by atoms with Gasteiger partial charge < -0.3 is 19.5 Å². The number of benzene rings is 2. The normalized spacial score (nSPS) is 24.1. The molecule has 0 saturated carbocycles. The van der Waals surface area contributed by atoms with E-state index in [0.717, 1.165) is 36.9 Å². The number of piperidine rings is 1. The molecule has 3 atom stereocenters.